The quantitative estimate of drug-likeness (QED) is 0.746. The van der Waals surface area contributed by atoms with Crippen LogP contribution in [0.5, 0.6) is 0 Å². The van der Waals surface area contributed by atoms with Gasteiger partial charge in [-0.15, -0.1) is 0 Å². The highest BCUT2D eigenvalue weighted by molar-refractivity contribution is 5.79. The standard InChI is InChI=1S/C15H23N3O3/c1-14(2,12(19)20)15(3,4)18-13(21)17-10-7-11-5-8-16-9-6-11/h5-6,8-9H,7,10H2,1-4H3,(H,19,20)(H2,17,18,21). The average molecular weight is 293 g/mol. The fourth-order valence-electron chi connectivity index (χ4n) is 1.62. The number of pyridine rings is 1. The van der Waals surface area contributed by atoms with Gasteiger partial charge in [0.1, 0.15) is 0 Å². The summed E-state index contributed by atoms with van der Waals surface area (Å²) in [5.41, 5.74) is -0.870. The predicted octanol–water partition coefficient (Wildman–Crippen LogP) is 1.81. The van der Waals surface area contributed by atoms with Gasteiger partial charge in [-0.2, -0.15) is 0 Å². The van der Waals surface area contributed by atoms with Crippen LogP contribution in [0.4, 0.5) is 4.79 Å². The Balaban J connectivity index is 2.48. The average Bonchev–Trinajstić information content (AvgIpc) is 2.38. The molecular weight excluding hydrogens is 270 g/mol. The Labute approximate surface area is 125 Å². The van der Waals surface area contributed by atoms with Gasteiger partial charge in [-0.05, 0) is 51.8 Å². The number of nitrogens with zero attached hydrogens (tertiary/aromatic N) is 1. The summed E-state index contributed by atoms with van der Waals surface area (Å²) in [7, 11) is 0. The molecule has 0 radical (unpaired) electrons. The van der Waals surface area contributed by atoms with Gasteiger partial charge in [0.05, 0.1) is 11.0 Å². The summed E-state index contributed by atoms with van der Waals surface area (Å²) >= 11 is 0. The van der Waals surface area contributed by atoms with E-state index in [0.717, 1.165) is 5.56 Å². The second-order valence-corrected chi connectivity index (χ2v) is 6.04. The highest BCUT2D eigenvalue weighted by Gasteiger charge is 2.44. The van der Waals surface area contributed by atoms with Crippen LogP contribution in [0.25, 0.3) is 0 Å². The van der Waals surface area contributed by atoms with Crippen molar-refractivity contribution in [1.29, 1.82) is 0 Å². The van der Waals surface area contributed by atoms with Crippen LogP contribution in [-0.4, -0.2) is 34.2 Å². The largest absolute Gasteiger partial charge is 0.481 e. The van der Waals surface area contributed by atoms with Crippen LogP contribution in [0, 0.1) is 5.41 Å². The smallest absolute Gasteiger partial charge is 0.315 e. The van der Waals surface area contributed by atoms with Gasteiger partial charge >= 0.3 is 12.0 Å². The van der Waals surface area contributed by atoms with E-state index in [1.807, 2.05) is 12.1 Å². The molecule has 0 spiro atoms. The molecule has 2 amide bonds. The maximum absolute atomic E-state index is 11.9. The van der Waals surface area contributed by atoms with E-state index in [4.69, 9.17) is 0 Å². The molecule has 0 unspecified atom stereocenters. The molecule has 3 N–H and O–H groups in total. The summed E-state index contributed by atoms with van der Waals surface area (Å²) in [4.78, 5) is 27.1. The van der Waals surface area contributed by atoms with Gasteiger partial charge < -0.3 is 15.7 Å². The van der Waals surface area contributed by atoms with Crippen molar-refractivity contribution in [2.75, 3.05) is 6.54 Å². The first-order valence-corrected chi connectivity index (χ1v) is 6.85. The van der Waals surface area contributed by atoms with Gasteiger partial charge in [0.2, 0.25) is 0 Å². The van der Waals surface area contributed by atoms with E-state index in [0.29, 0.717) is 13.0 Å². The predicted molar refractivity (Wildman–Crippen MR) is 80.0 cm³/mol. The number of amides is 2. The van der Waals surface area contributed by atoms with E-state index in [1.54, 1.807) is 40.1 Å². The van der Waals surface area contributed by atoms with Crippen molar-refractivity contribution in [2.45, 2.75) is 39.7 Å². The lowest BCUT2D eigenvalue weighted by Crippen LogP contribution is -2.59. The van der Waals surface area contributed by atoms with E-state index < -0.39 is 16.9 Å². The summed E-state index contributed by atoms with van der Waals surface area (Å²) in [6.45, 7) is 7.05. The fourth-order valence-corrected chi connectivity index (χ4v) is 1.62. The highest BCUT2D eigenvalue weighted by atomic mass is 16.4. The number of carbonyl (C=O) groups excluding carboxylic acids is 1. The minimum absolute atomic E-state index is 0.372. The lowest BCUT2D eigenvalue weighted by atomic mass is 9.74. The number of carbonyl (C=O) groups is 2. The zero-order valence-electron chi connectivity index (χ0n) is 12.9. The Morgan fingerprint density at radius 3 is 2.29 bits per heavy atom. The molecule has 1 rings (SSSR count). The summed E-state index contributed by atoms with van der Waals surface area (Å²) in [5, 5.41) is 14.7. The van der Waals surface area contributed by atoms with Crippen molar-refractivity contribution in [3.63, 3.8) is 0 Å². The van der Waals surface area contributed by atoms with Crippen LogP contribution in [0.1, 0.15) is 33.3 Å². The molecule has 21 heavy (non-hydrogen) atoms. The Bertz CT molecular complexity index is 498. The van der Waals surface area contributed by atoms with Crippen LogP contribution in [0.3, 0.4) is 0 Å². The highest BCUT2D eigenvalue weighted by Crippen LogP contribution is 2.30. The monoisotopic (exact) mass is 293 g/mol. The topological polar surface area (TPSA) is 91.3 Å². The summed E-state index contributed by atoms with van der Waals surface area (Å²) in [6.07, 6.45) is 4.10. The SMILES string of the molecule is CC(C)(NC(=O)NCCc1ccncc1)C(C)(C)C(=O)O. The molecule has 1 aromatic heterocycles. The molecule has 0 fully saturated rings. The van der Waals surface area contributed by atoms with Crippen molar-refractivity contribution in [3.8, 4) is 0 Å². The minimum Gasteiger partial charge on any atom is -0.481 e. The van der Waals surface area contributed by atoms with Gasteiger partial charge in [0.25, 0.3) is 0 Å². The van der Waals surface area contributed by atoms with Crippen molar-refractivity contribution in [1.82, 2.24) is 15.6 Å². The van der Waals surface area contributed by atoms with Gasteiger partial charge in [0, 0.05) is 18.9 Å². The second kappa shape index (κ2) is 6.56. The number of aromatic nitrogens is 1. The van der Waals surface area contributed by atoms with Gasteiger partial charge in [-0.25, -0.2) is 4.79 Å². The van der Waals surface area contributed by atoms with E-state index in [2.05, 4.69) is 15.6 Å². The first kappa shape index (κ1) is 16.9. The normalized spacial score (nSPS) is 11.8. The molecule has 0 aliphatic carbocycles. The van der Waals surface area contributed by atoms with E-state index >= 15 is 0 Å². The van der Waals surface area contributed by atoms with Crippen LogP contribution in [-0.2, 0) is 11.2 Å². The van der Waals surface area contributed by atoms with E-state index in [1.165, 1.54) is 0 Å². The number of hydrogen-bond donors (Lipinski definition) is 3. The lowest BCUT2D eigenvalue weighted by Gasteiger charge is -2.38. The van der Waals surface area contributed by atoms with Crippen molar-refractivity contribution in [2.24, 2.45) is 5.41 Å². The zero-order valence-corrected chi connectivity index (χ0v) is 12.9. The number of rotatable bonds is 6. The van der Waals surface area contributed by atoms with Gasteiger partial charge in [-0.1, -0.05) is 0 Å². The minimum atomic E-state index is -1.07. The van der Waals surface area contributed by atoms with Crippen LogP contribution < -0.4 is 10.6 Å². The molecule has 0 aliphatic heterocycles. The third kappa shape index (κ3) is 4.44. The maximum Gasteiger partial charge on any atom is 0.315 e. The summed E-state index contributed by atoms with van der Waals surface area (Å²) in [6, 6.07) is 3.40. The van der Waals surface area contributed by atoms with Gasteiger partial charge in [0.15, 0.2) is 0 Å². The van der Waals surface area contributed by atoms with Crippen LogP contribution in [0.15, 0.2) is 24.5 Å². The van der Waals surface area contributed by atoms with Crippen LogP contribution in [0.2, 0.25) is 0 Å². The number of carboxylic acid groups (broad SMARTS) is 1. The number of carboxylic acids is 1. The fraction of sp³-hybridized carbons (Fsp3) is 0.533. The Hall–Kier alpha value is -2.11. The maximum atomic E-state index is 11.9. The number of nitrogens with one attached hydrogen (secondary N) is 2. The number of urea groups is 1. The molecule has 0 atom stereocenters. The first-order chi connectivity index (χ1) is 9.67. The molecule has 6 heteroatoms. The van der Waals surface area contributed by atoms with Crippen molar-refractivity contribution >= 4 is 12.0 Å². The Morgan fingerprint density at radius 2 is 1.76 bits per heavy atom. The Morgan fingerprint density at radius 1 is 1.19 bits per heavy atom. The molecule has 0 aliphatic rings. The van der Waals surface area contributed by atoms with E-state index in [-0.39, 0.29) is 6.03 Å². The Kier molecular flexibility index (Phi) is 5.29. The summed E-state index contributed by atoms with van der Waals surface area (Å²) < 4.78 is 0. The van der Waals surface area contributed by atoms with Crippen LogP contribution >= 0.6 is 0 Å². The molecule has 0 bridgehead atoms. The van der Waals surface area contributed by atoms with Gasteiger partial charge in [-0.3, -0.25) is 9.78 Å². The molecule has 1 aromatic rings. The molecular formula is C15H23N3O3. The molecule has 6 nitrogen and oxygen atoms in total. The lowest BCUT2D eigenvalue weighted by molar-refractivity contribution is -0.150. The first-order valence-electron chi connectivity index (χ1n) is 6.85. The van der Waals surface area contributed by atoms with Crippen molar-refractivity contribution in [3.05, 3.63) is 30.1 Å². The van der Waals surface area contributed by atoms with Crippen molar-refractivity contribution < 1.29 is 14.7 Å². The molecule has 116 valence electrons. The molecule has 0 saturated carbocycles. The second-order valence-electron chi connectivity index (χ2n) is 6.04. The molecule has 1 heterocycles. The molecule has 0 saturated heterocycles. The number of aliphatic carboxylic acids is 1. The third-order valence-corrected chi connectivity index (χ3v) is 3.97. The van der Waals surface area contributed by atoms with E-state index in [9.17, 15) is 14.7 Å². The zero-order chi connectivity index (χ0) is 16.1. The summed E-state index contributed by atoms with van der Waals surface area (Å²) in [5.74, 6) is -0.954. The third-order valence-electron chi connectivity index (χ3n) is 3.97. The number of hydrogen-bond acceptors (Lipinski definition) is 3. The molecule has 0 aromatic carbocycles.